The number of ether oxygens (including phenoxy) is 1. The van der Waals surface area contributed by atoms with Gasteiger partial charge >= 0.3 is 0 Å². The van der Waals surface area contributed by atoms with Gasteiger partial charge in [-0.15, -0.1) is 0 Å². The lowest BCUT2D eigenvalue weighted by Gasteiger charge is -2.25. The molecule has 122 valence electrons. The molecule has 3 rings (SSSR count). The van der Waals surface area contributed by atoms with E-state index in [0.717, 1.165) is 28.8 Å². The lowest BCUT2D eigenvalue weighted by Crippen LogP contribution is -2.36. The molecule has 0 aliphatic carbocycles. The third-order valence-electron chi connectivity index (χ3n) is 4.46. The van der Waals surface area contributed by atoms with Gasteiger partial charge in [-0.1, -0.05) is 18.2 Å². The number of hydrogen-bond donors (Lipinski definition) is 0. The maximum atomic E-state index is 13.3. The van der Waals surface area contributed by atoms with Crippen molar-refractivity contribution < 1.29 is 13.2 Å². The second-order valence-corrected chi connectivity index (χ2v) is 7.85. The van der Waals surface area contributed by atoms with E-state index in [9.17, 15) is 8.42 Å². The van der Waals surface area contributed by atoms with Crippen LogP contribution in [0.5, 0.6) is 5.75 Å². The van der Waals surface area contributed by atoms with Gasteiger partial charge in [0.2, 0.25) is 0 Å². The van der Waals surface area contributed by atoms with Crippen LogP contribution in [0.15, 0.2) is 41.3 Å². The van der Waals surface area contributed by atoms with Crippen molar-refractivity contribution in [3.05, 3.63) is 53.1 Å². The van der Waals surface area contributed by atoms with Crippen LogP contribution < -0.4 is 9.04 Å². The number of rotatable bonds is 3. The van der Waals surface area contributed by atoms with Gasteiger partial charge in [-0.25, -0.2) is 8.42 Å². The Kier molecular flexibility index (Phi) is 3.84. The van der Waals surface area contributed by atoms with Crippen molar-refractivity contribution in [2.45, 2.75) is 38.1 Å². The summed E-state index contributed by atoms with van der Waals surface area (Å²) in [5.74, 6) is 0.393. The molecule has 1 aliphatic rings. The fourth-order valence-electron chi connectivity index (χ4n) is 3.13. The molecule has 5 heteroatoms. The number of methoxy groups -OCH3 is 1. The molecule has 2 aromatic carbocycles. The maximum absolute atomic E-state index is 13.3. The molecule has 0 amide bonds. The molecule has 0 saturated heterocycles. The van der Waals surface area contributed by atoms with Crippen LogP contribution in [0.25, 0.3) is 0 Å². The highest BCUT2D eigenvalue weighted by atomic mass is 32.2. The maximum Gasteiger partial charge on any atom is 0.268 e. The molecule has 0 aromatic heterocycles. The van der Waals surface area contributed by atoms with Crippen molar-refractivity contribution >= 4 is 15.7 Å². The largest absolute Gasteiger partial charge is 0.495 e. The summed E-state index contributed by atoms with van der Waals surface area (Å²) in [6.45, 7) is 5.79. The molecule has 0 unspecified atom stereocenters. The highest BCUT2D eigenvalue weighted by Crippen LogP contribution is 2.39. The average molecular weight is 331 g/mol. The minimum atomic E-state index is -3.67. The molecule has 1 atom stereocenters. The van der Waals surface area contributed by atoms with E-state index in [1.54, 1.807) is 12.1 Å². The molecule has 1 aliphatic heterocycles. The summed E-state index contributed by atoms with van der Waals surface area (Å²) >= 11 is 0. The highest BCUT2D eigenvalue weighted by Gasteiger charge is 2.37. The van der Waals surface area contributed by atoms with Crippen molar-refractivity contribution in [1.82, 2.24) is 0 Å². The van der Waals surface area contributed by atoms with Gasteiger partial charge in [-0.05, 0) is 62.1 Å². The number of hydrogen-bond acceptors (Lipinski definition) is 3. The molecule has 4 nitrogen and oxygen atoms in total. The van der Waals surface area contributed by atoms with Gasteiger partial charge in [0.1, 0.15) is 10.6 Å². The van der Waals surface area contributed by atoms with Crippen molar-refractivity contribution in [2.24, 2.45) is 0 Å². The number of anilines is 1. The van der Waals surface area contributed by atoms with Crippen LogP contribution in [0.1, 0.15) is 23.6 Å². The summed E-state index contributed by atoms with van der Waals surface area (Å²) in [7, 11) is -2.17. The van der Waals surface area contributed by atoms with E-state index >= 15 is 0 Å². The summed E-state index contributed by atoms with van der Waals surface area (Å²) in [6.07, 6.45) is 0.725. The van der Waals surface area contributed by atoms with E-state index in [1.807, 2.05) is 45.0 Å². The van der Waals surface area contributed by atoms with Crippen LogP contribution >= 0.6 is 0 Å². The Morgan fingerprint density at radius 1 is 1.13 bits per heavy atom. The monoisotopic (exact) mass is 331 g/mol. The zero-order valence-electron chi connectivity index (χ0n) is 13.8. The molecule has 0 saturated carbocycles. The Labute approximate surface area is 137 Å². The molecular formula is C18H21NO3S. The van der Waals surface area contributed by atoms with E-state index in [-0.39, 0.29) is 10.9 Å². The van der Waals surface area contributed by atoms with Gasteiger partial charge in [-0.2, -0.15) is 0 Å². The van der Waals surface area contributed by atoms with E-state index < -0.39 is 10.0 Å². The number of aryl methyl sites for hydroxylation is 2. The third kappa shape index (κ3) is 2.49. The molecule has 0 N–H and O–H groups in total. The molecular weight excluding hydrogens is 310 g/mol. The van der Waals surface area contributed by atoms with E-state index in [0.29, 0.717) is 5.75 Å². The summed E-state index contributed by atoms with van der Waals surface area (Å²) in [5, 5.41) is 0. The molecule has 0 fully saturated rings. The molecule has 23 heavy (non-hydrogen) atoms. The van der Waals surface area contributed by atoms with E-state index in [4.69, 9.17) is 4.74 Å². The molecule has 0 spiro atoms. The van der Waals surface area contributed by atoms with Gasteiger partial charge in [0, 0.05) is 6.04 Å². The Bertz CT molecular complexity index is 859. The first-order chi connectivity index (χ1) is 10.9. The smallest absolute Gasteiger partial charge is 0.268 e. The van der Waals surface area contributed by atoms with Crippen molar-refractivity contribution in [3.63, 3.8) is 0 Å². The molecule has 1 heterocycles. The lowest BCUT2D eigenvalue weighted by atomic mass is 10.1. The first-order valence-corrected chi connectivity index (χ1v) is 9.08. The summed E-state index contributed by atoms with van der Waals surface area (Å²) in [4.78, 5) is 0.228. The predicted molar refractivity (Wildman–Crippen MR) is 91.7 cm³/mol. The van der Waals surface area contributed by atoms with Crippen molar-refractivity contribution in [2.75, 3.05) is 11.4 Å². The van der Waals surface area contributed by atoms with E-state index in [1.165, 1.54) is 11.4 Å². The number of para-hydroxylation sites is 1. The first-order valence-electron chi connectivity index (χ1n) is 7.64. The summed E-state index contributed by atoms with van der Waals surface area (Å²) in [6, 6.07) is 11.0. The Morgan fingerprint density at radius 2 is 1.78 bits per heavy atom. The minimum Gasteiger partial charge on any atom is -0.495 e. The van der Waals surface area contributed by atoms with Crippen LogP contribution in [0.3, 0.4) is 0 Å². The van der Waals surface area contributed by atoms with Gasteiger partial charge in [0.05, 0.1) is 12.8 Å². The van der Waals surface area contributed by atoms with Crippen molar-refractivity contribution in [1.29, 1.82) is 0 Å². The van der Waals surface area contributed by atoms with Gasteiger partial charge < -0.3 is 4.74 Å². The van der Waals surface area contributed by atoms with Crippen LogP contribution in [0.4, 0.5) is 5.69 Å². The van der Waals surface area contributed by atoms with Gasteiger partial charge in [0.15, 0.2) is 0 Å². The second-order valence-electron chi connectivity index (χ2n) is 6.07. The predicted octanol–water partition coefficient (Wildman–Crippen LogP) is 3.45. The molecule has 0 bridgehead atoms. The fourth-order valence-corrected chi connectivity index (χ4v) is 5.05. The lowest BCUT2D eigenvalue weighted by molar-refractivity contribution is 0.402. The second kappa shape index (κ2) is 5.57. The SMILES string of the molecule is COc1cc(C)c(C)cc1S(=O)(=O)N1c2ccccc2C[C@H]1C. The number of sulfonamides is 1. The Hall–Kier alpha value is -2.01. The fraction of sp³-hybridized carbons (Fsp3) is 0.333. The first kappa shape index (κ1) is 15.9. The summed E-state index contributed by atoms with van der Waals surface area (Å²) < 4.78 is 33.5. The zero-order valence-corrected chi connectivity index (χ0v) is 14.6. The average Bonchev–Trinajstić information content (AvgIpc) is 2.85. The quantitative estimate of drug-likeness (QED) is 0.865. The normalized spacial score (nSPS) is 17.2. The standard InChI is InChI=1S/C18H21NO3S/c1-12-9-17(22-4)18(10-13(12)2)23(20,21)19-14(3)11-15-7-5-6-8-16(15)19/h5-10,14H,11H2,1-4H3/t14-/m1/s1. The number of benzene rings is 2. The topological polar surface area (TPSA) is 46.6 Å². The van der Waals surface area contributed by atoms with Crippen LogP contribution in [0.2, 0.25) is 0 Å². The number of nitrogens with zero attached hydrogens (tertiary/aromatic N) is 1. The van der Waals surface area contributed by atoms with E-state index in [2.05, 4.69) is 0 Å². The zero-order chi connectivity index (χ0) is 16.8. The number of fused-ring (bicyclic) bond motifs is 1. The molecule has 2 aromatic rings. The highest BCUT2D eigenvalue weighted by molar-refractivity contribution is 7.93. The van der Waals surface area contributed by atoms with Gasteiger partial charge in [0.25, 0.3) is 10.0 Å². The van der Waals surface area contributed by atoms with Crippen molar-refractivity contribution in [3.8, 4) is 5.75 Å². The Morgan fingerprint density at radius 3 is 2.48 bits per heavy atom. The minimum absolute atomic E-state index is 0.108. The van der Waals surface area contributed by atoms with Gasteiger partial charge in [-0.3, -0.25) is 4.31 Å². The van der Waals surface area contributed by atoms with Crippen LogP contribution in [-0.4, -0.2) is 21.6 Å². The molecule has 0 radical (unpaired) electrons. The van der Waals surface area contributed by atoms with Crippen LogP contribution in [0, 0.1) is 13.8 Å². The van der Waals surface area contributed by atoms with Crippen LogP contribution in [-0.2, 0) is 16.4 Å². The Balaban J connectivity index is 2.19. The summed E-state index contributed by atoms with van der Waals surface area (Å²) in [5.41, 5.74) is 3.77. The third-order valence-corrected chi connectivity index (χ3v) is 6.41.